The third kappa shape index (κ3) is 4.97. The summed E-state index contributed by atoms with van der Waals surface area (Å²) in [6.45, 7) is 6.14. The van der Waals surface area contributed by atoms with Gasteiger partial charge in [-0.3, -0.25) is 4.79 Å². The fraction of sp³-hybridized carbons (Fsp3) is 0.933. The zero-order valence-electron chi connectivity index (χ0n) is 12.3. The van der Waals surface area contributed by atoms with Gasteiger partial charge in [0, 0.05) is 20.0 Å². The van der Waals surface area contributed by atoms with Gasteiger partial charge >= 0.3 is 0 Å². The standard InChI is InChI=1S/C15H30N2O/c1-12(2)14(9-10-16)7-8-15(18)17(3)11-13-5-4-6-13/h12-14H,4-11,16H2,1-3H3. The first-order chi connectivity index (χ1) is 8.54. The summed E-state index contributed by atoms with van der Waals surface area (Å²) in [6.07, 6.45) is 6.67. The van der Waals surface area contributed by atoms with E-state index in [1.54, 1.807) is 0 Å². The summed E-state index contributed by atoms with van der Waals surface area (Å²) < 4.78 is 0. The number of rotatable bonds is 8. The highest BCUT2D eigenvalue weighted by atomic mass is 16.2. The molecule has 0 saturated heterocycles. The Morgan fingerprint density at radius 2 is 2.00 bits per heavy atom. The van der Waals surface area contributed by atoms with Crippen molar-refractivity contribution in [2.75, 3.05) is 20.1 Å². The van der Waals surface area contributed by atoms with Crippen molar-refractivity contribution >= 4 is 5.91 Å². The van der Waals surface area contributed by atoms with Crippen LogP contribution in [0.3, 0.4) is 0 Å². The van der Waals surface area contributed by atoms with Gasteiger partial charge in [-0.25, -0.2) is 0 Å². The van der Waals surface area contributed by atoms with Crippen molar-refractivity contribution in [1.29, 1.82) is 0 Å². The molecule has 1 aliphatic carbocycles. The van der Waals surface area contributed by atoms with E-state index in [0.717, 1.165) is 31.8 Å². The predicted molar refractivity (Wildman–Crippen MR) is 76.2 cm³/mol. The second-order valence-corrected chi connectivity index (χ2v) is 6.19. The van der Waals surface area contributed by atoms with Gasteiger partial charge in [0.05, 0.1) is 0 Å². The topological polar surface area (TPSA) is 46.3 Å². The molecule has 0 radical (unpaired) electrons. The number of hydrogen-bond donors (Lipinski definition) is 1. The summed E-state index contributed by atoms with van der Waals surface area (Å²) in [4.78, 5) is 14.0. The van der Waals surface area contributed by atoms with E-state index in [0.29, 0.717) is 24.2 Å². The smallest absolute Gasteiger partial charge is 0.222 e. The minimum atomic E-state index is 0.310. The fourth-order valence-electron chi connectivity index (χ4n) is 2.69. The Kier molecular flexibility index (Phi) is 6.69. The van der Waals surface area contributed by atoms with E-state index in [9.17, 15) is 4.79 Å². The monoisotopic (exact) mass is 254 g/mol. The van der Waals surface area contributed by atoms with Crippen molar-refractivity contribution in [3.8, 4) is 0 Å². The van der Waals surface area contributed by atoms with Crippen molar-refractivity contribution in [2.45, 2.75) is 52.4 Å². The zero-order chi connectivity index (χ0) is 13.5. The van der Waals surface area contributed by atoms with Crippen molar-refractivity contribution < 1.29 is 4.79 Å². The minimum Gasteiger partial charge on any atom is -0.345 e. The van der Waals surface area contributed by atoms with Crippen LogP contribution in [0.25, 0.3) is 0 Å². The van der Waals surface area contributed by atoms with Gasteiger partial charge in [-0.05, 0) is 50.0 Å². The van der Waals surface area contributed by atoms with Crippen LogP contribution in [0.4, 0.5) is 0 Å². The average molecular weight is 254 g/mol. The molecule has 0 aliphatic heterocycles. The van der Waals surface area contributed by atoms with Crippen LogP contribution in [-0.2, 0) is 4.79 Å². The number of nitrogens with zero attached hydrogens (tertiary/aromatic N) is 1. The molecule has 3 heteroatoms. The second-order valence-electron chi connectivity index (χ2n) is 6.19. The summed E-state index contributed by atoms with van der Waals surface area (Å²) in [6, 6.07) is 0. The van der Waals surface area contributed by atoms with Crippen LogP contribution >= 0.6 is 0 Å². The van der Waals surface area contributed by atoms with Gasteiger partial charge in [0.2, 0.25) is 5.91 Å². The Morgan fingerprint density at radius 1 is 1.33 bits per heavy atom. The molecular formula is C15H30N2O. The Hall–Kier alpha value is -0.570. The lowest BCUT2D eigenvalue weighted by atomic mass is 9.85. The molecule has 2 N–H and O–H groups in total. The SMILES string of the molecule is CC(C)C(CCN)CCC(=O)N(C)CC1CCC1. The third-order valence-corrected chi connectivity index (χ3v) is 4.39. The van der Waals surface area contributed by atoms with Crippen LogP contribution < -0.4 is 5.73 Å². The number of carbonyl (C=O) groups is 1. The summed E-state index contributed by atoms with van der Waals surface area (Å²) in [5.74, 6) is 2.29. The molecule has 1 fully saturated rings. The van der Waals surface area contributed by atoms with Gasteiger partial charge in [-0.15, -0.1) is 0 Å². The molecular weight excluding hydrogens is 224 g/mol. The van der Waals surface area contributed by atoms with Crippen molar-refractivity contribution in [2.24, 2.45) is 23.5 Å². The fourth-order valence-corrected chi connectivity index (χ4v) is 2.69. The molecule has 0 aromatic heterocycles. The molecule has 1 atom stereocenters. The maximum absolute atomic E-state index is 12.0. The van der Waals surface area contributed by atoms with Crippen LogP contribution in [0, 0.1) is 17.8 Å². The zero-order valence-corrected chi connectivity index (χ0v) is 12.3. The van der Waals surface area contributed by atoms with E-state index in [-0.39, 0.29) is 0 Å². The Labute approximate surface area is 112 Å². The Morgan fingerprint density at radius 3 is 2.44 bits per heavy atom. The molecule has 0 heterocycles. The highest BCUT2D eigenvalue weighted by molar-refractivity contribution is 5.75. The molecule has 106 valence electrons. The molecule has 1 amide bonds. The number of carbonyl (C=O) groups excluding carboxylic acids is 1. The van der Waals surface area contributed by atoms with E-state index < -0.39 is 0 Å². The van der Waals surface area contributed by atoms with Crippen LogP contribution in [0.1, 0.15) is 52.4 Å². The van der Waals surface area contributed by atoms with E-state index in [1.807, 2.05) is 11.9 Å². The first-order valence-electron chi connectivity index (χ1n) is 7.48. The molecule has 0 aromatic rings. The van der Waals surface area contributed by atoms with Gasteiger partial charge in [0.25, 0.3) is 0 Å². The molecule has 1 rings (SSSR count). The number of hydrogen-bond acceptors (Lipinski definition) is 2. The van der Waals surface area contributed by atoms with E-state index in [4.69, 9.17) is 5.73 Å². The Balaban J connectivity index is 2.24. The normalized spacial score (nSPS) is 17.6. The van der Waals surface area contributed by atoms with Crippen molar-refractivity contribution in [1.82, 2.24) is 4.90 Å². The quantitative estimate of drug-likeness (QED) is 0.724. The largest absolute Gasteiger partial charge is 0.345 e. The average Bonchev–Trinajstić information content (AvgIpc) is 2.27. The van der Waals surface area contributed by atoms with E-state index in [1.165, 1.54) is 19.3 Å². The highest BCUT2D eigenvalue weighted by Gasteiger charge is 2.22. The van der Waals surface area contributed by atoms with Gasteiger partial charge in [-0.1, -0.05) is 20.3 Å². The van der Waals surface area contributed by atoms with Gasteiger partial charge in [-0.2, -0.15) is 0 Å². The second kappa shape index (κ2) is 7.78. The molecule has 1 aliphatic rings. The molecule has 0 aromatic carbocycles. The lowest BCUT2D eigenvalue weighted by Gasteiger charge is -2.30. The number of amides is 1. The maximum Gasteiger partial charge on any atom is 0.222 e. The van der Waals surface area contributed by atoms with E-state index >= 15 is 0 Å². The third-order valence-electron chi connectivity index (χ3n) is 4.39. The van der Waals surface area contributed by atoms with Crippen LogP contribution in [0.2, 0.25) is 0 Å². The van der Waals surface area contributed by atoms with Crippen molar-refractivity contribution in [3.05, 3.63) is 0 Å². The van der Waals surface area contributed by atoms with Gasteiger partial charge < -0.3 is 10.6 Å². The Bertz CT molecular complexity index is 249. The first-order valence-corrected chi connectivity index (χ1v) is 7.48. The lowest BCUT2D eigenvalue weighted by Crippen LogP contribution is -2.34. The minimum absolute atomic E-state index is 0.310. The number of nitrogens with two attached hydrogens (primary N) is 1. The van der Waals surface area contributed by atoms with Crippen LogP contribution in [0.5, 0.6) is 0 Å². The van der Waals surface area contributed by atoms with Crippen LogP contribution in [-0.4, -0.2) is 30.9 Å². The molecule has 0 spiro atoms. The highest BCUT2D eigenvalue weighted by Crippen LogP contribution is 2.27. The lowest BCUT2D eigenvalue weighted by molar-refractivity contribution is -0.131. The summed E-state index contributed by atoms with van der Waals surface area (Å²) in [5, 5.41) is 0. The predicted octanol–water partition coefficient (Wildman–Crippen LogP) is 2.65. The molecule has 1 unspecified atom stereocenters. The summed E-state index contributed by atoms with van der Waals surface area (Å²) >= 11 is 0. The molecule has 18 heavy (non-hydrogen) atoms. The van der Waals surface area contributed by atoms with Gasteiger partial charge in [0.15, 0.2) is 0 Å². The van der Waals surface area contributed by atoms with Gasteiger partial charge in [0.1, 0.15) is 0 Å². The summed E-state index contributed by atoms with van der Waals surface area (Å²) in [5.41, 5.74) is 5.63. The maximum atomic E-state index is 12.0. The molecule has 0 bridgehead atoms. The first kappa shape index (κ1) is 15.5. The van der Waals surface area contributed by atoms with Crippen LogP contribution in [0.15, 0.2) is 0 Å². The molecule has 1 saturated carbocycles. The summed E-state index contributed by atoms with van der Waals surface area (Å²) in [7, 11) is 1.95. The molecule has 3 nitrogen and oxygen atoms in total. The van der Waals surface area contributed by atoms with E-state index in [2.05, 4.69) is 13.8 Å². The van der Waals surface area contributed by atoms with Crippen molar-refractivity contribution in [3.63, 3.8) is 0 Å².